The van der Waals surface area contributed by atoms with E-state index >= 15 is 0 Å². The number of carbonyl (C=O) groups excluding carboxylic acids is 2. The van der Waals surface area contributed by atoms with Gasteiger partial charge in [0.2, 0.25) is 11.8 Å². The summed E-state index contributed by atoms with van der Waals surface area (Å²) in [7, 11) is 2.15. The summed E-state index contributed by atoms with van der Waals surface area (Å²) in [6, 6.07) is 8.21. The quantitative estimate of drug-likeness (QED) is 0.624. The first-order valence-corrected chi connectivity index (χ1v) is 11.8. The van der Waals surface area contributed by atoms with Crippen LogP contribution in [0.25, 0.3) is 0 Å². The molecule has 1 aromatic rings. The molecule has 3 fully saturated rings. The molecule has 1 aromatic carbocycles. The molecule has 0 radical (unpaired) electrons. The first-order valence-electron chi connectivity index (χ1n) is 11.0. The summed E-state index contributed by atoms with van der Waals surface area (Å²) in [4.78, 5) is 29.3. The lowest BCUT2D eigenvalue weighted by Gasteiger charge is -2.48. The number of hydrogen-bond acceptors (Lipinski definition) is 3. The van der Waals surface area contributed by atoms with Gasteiger partial charge in [-0.3, -0.25) is 9.59 Å². The molecule has 1 aliphatic heterocycles. The summed E-state index contributed by atoms with van der Waals surface area (Å²) < 4.78 is 0.933. The van der Waals surface area contributed by atoms with Crippen LogP contribution in [0.4, 0.5) is 0 Å². The van der Waals surface area contributed by atoms with Gasteiger partial charge in [0, 0.05) is 16.4 Å². The van der Waals surface area contributed by atoms with Crippen LogP contribution in [0, 0.1) is 22.7 Å². The molecule has 0 aromatic heterocycles. The van der Waals surface area contributed by atoms with Gasteiger partial charge in [0.1, 0.15) is 0 Å². The Hall–Kier alpha value is -1.66. The molecule has 6 heteroatoms. The van der Waals surface area contributed by atoms with Crippen molar-refractivity contribution in [3.63, 3.8) is 0 Å². The van der Waals surface area contributed by atoms with Crippen molar-refractivity contribution in [3.8, 4) is 0 Å². The van der Waals surface area contributed by atoms with Crippen molar-refractivity contribution in [3.05, 3.63) is 46.5 Å². The van der Waals surface area contributed by atoms with Crippen LogP contribution in [0.5, 0.6) is 0 Å². The maximum Gasteiger partial charge on any atom is 0.229 e. The molecule has 5 rings (SSSR count). The first-order chi connectivity index (χ1) is 14.3. The summed E-state index contributed by atoms with van der Waals surface area (Å²) >= 11 is 3.50. The van der Waals surface area contributed by atoms with Gasteiger partial charge < -0.3 is 16.4 Å². The minimum absolute atomic E-state index is 0.0182. The SMILES string of the molecule is CN1CCCC1CC[C@@]1(C(N)=O)[C@@H]2C=C[C@@H](C23CC3)[C@@]1(C(N)=O)c1ccc(Br)cc1. The van der Waals surface area contributed by atoms with Gasteiger partial charge in [-0.05, 0) is 81.1 Å². The predicted octanol–water partition coefficient (Wildman–Crippen LogP) is 3.11. The summed E-state index contributed by atoms with van der Waals surface area (Å²) in [6.07, 6.45) is 10.2. The number of nitrogens with zero attached hydrogens (tertiary/aromatic N) is 1. The van der Waals surface area contributed by atoms with Gasteiger partial charge in [0.25, 0.3) is 0 Å². The Labute approximate surface area is 186 Å². The van der Waals surface area contributed by atoms with Crippen molar-refractivity contribution in [1.82, 2.24) is 4.90 Å². The van der Waals surface area contributed by atoms with E-state index in [0.29, 0.717) is 12.5 Å². The maximum absolute atomic E-state index is 13.5. The normalized spacial score (nSPS) is 38.4. The summed E-state index contributed by atoms with van der Waals surface area (Å²) in [5.41, 5.74) is 11.2. The van der Waals surface area contributed by atoms with Crippen molar-refractivity contribution in [2.45, 2.75) is 50.0 Å². The Morgan fingerprint density at radius 1 is 1.10 bits per heavy atom. The Kier molecular flexibility index (Phi) is 4.50. The molecule has 1 spiro atoms. The largest absolute Gasteiger partial charge is 0.369 e. The molecular formula is C24H30BrN3O2. The second kappa shape index (κ2) is 6.67. The van der Waals surface area contributed by atoms with Gasteiger partial charge in [0.15, 0.2) is 0 Å². The third-order valence-corrected chi connectivity index (χ3v) is 9.46. The number of carbonyl (C=O) groups is 2. The third-order valence-electron chi connectivity index (χ3n) is 8.93. The van der Waals surface area contributed by atoms with Crippen LogP contribution in [0.3, 0.4) is 0 Å². The highest BCUT2D eigenvalue weighted by Crippen LogP contribution is 2.80. The van der Waals surface area contributed by atoms with E-state index < -0.39 is 16.7 Å². The molecule has 1 heterocycles. The van der Waals surface area contributed by atoms with Gasteiger partial charge in [-0.25, -0.2) is 0 Å². The molecule has 4 aliphatic rings. The van der Waals surface area contributed by atoms with Gasteiger partial charge >= 0.3 is 0 Å². The van der Waals surface area contributed by atoms with E-state index in [2.05, 4.69) is 40.0 Å². The zero-order valence-electron chi connectivity index (χ0n) is 17.4. The Bertz CT molecular complexity index is 925. The van der Waals surface area contributed by atoms with Crippen LogP contribution in [0.1, 0.15) is 44.1 Å². The number of rotatable bonds is 6. The number of primary amides is 2. The number of nitrogens with two attached hydrogens (primary N) is 2. The summed E-state index contributed by atoms with van der Waals surface area (Å²) in [5, 5.41) is 0. The molecule has 5 nitrogen and oxygen atoms in total. The lowest BCUT2D eigenvalue weighted by molar-refractivity contribution is -0.144. The zero-order valence-corrected chi connectivity index (χ0v) is 19.0. The molecule has 30 heavy (non-hydrogen) atoms. The van der Waals surface area contributed by atoms with E-state index in [4.69, 9.17) is 11.5 Å². The number of likely N-dealkylation sites (tertiary alicyclic amines) is 1. The topological polar surface area (TPSA) is 89.4 Å². The van der Waals surface area contributed by atoms with Crippen LogP contribution in [-0.4, -0.2) is 36.3 Å². The smallest absolute Gasteiger partial charge is 0.229 e. The molecule has 4 N–H and O–H groups in total. The number of halogens is 1. The van der Waals surface area contributed by atoms with Gasteiger partial charge in [-0.2, -0.15) is 0 Å². The highest BCUT2D eigenvalue weighted by molar-refractivity contribution is 9.10. The average molecular weight is 472 g/mol. The van der Waals surface area contributed by atoms with E-state index in [1.807, 2.05) is 24.3 Å². The molecule has 160 valence electrons. The molecule has 2 saturated carbocycles. The fourth-order valence-electron chi connectivity index (χ4n) is 7.55. The Balaban J connectivity index is 1.69. The van der Waals surface area contributed by atoms with E-state index in [9.17, 15) is 9.59 Å². The lowest BCUT2D eigenvalue weighted by atomic mass is 9.52. The standard InChI is InChI=1S/C24H30BrN3O2/c1-28-14-2-3-17(28)10-11-23(20(26)29)18-8-9-19(22(18)12-13-22)24(23,21(27)30)15-4-6-16(25)7-5-15/h4-9,17-19H,2-3,10-14H2,1H3,(H2,26,29)(H2,27,30)/t17?,18-,19+,23+,24-/m1/s1. The third kappa shape index (κ3) is 2.32. The molecule has 1 unspecified atom stereocenters. The van der Waals surface area contributed by atoms with E-state index in [-0.39, 0.29) is 23.2 Å². The van der Waals surface area contributed by atoms with Crippen LogP contribution >= 0.6 is 15.9 Å². The molecular weight excluding hydrogens is 442 g/mol. The second-order valence-corrected chi connectivity index (χ2v) is 10.8. The van der Waals surface area contributed by atoms with Crippen molar-refractivity contribution in [2.75, 3.05) is 13.6 Å². The van der Waals surface area contributed by atoms with E-state index in [1.54, 1.807) is 0 Å². The fraction of sp³-hybridized carbons (Fsp3) is 0.583. The number of allylic oxidation sites excluding steroid dienone is 2. The number of amides is 2. The first kappa shape index (κ1) is 20.3. The summed E-state index contributed by atoms with van der Waals surface area (Å²) in [6.45, 7) is 1.08. The summed E-state index contributed by atoms with van der Waals surface area (Å²) in [5.74, 6) is -0.864. The molecule has 5 atom stereocenters. The second-order valence-electron chi connectivity index (χ2n) is 9.90. The molecule has 3 aliphatic carbocycles. The minimum atomic E-state index is -1.09. The van der Waals surface area contributed by atoms with Crippen molar-refractivity contribution >= 4 is 27.7 Å². The Morgan fingerprint density at radius 3 is 2.30 bits per heavy atom. The monoisotopic (exact) mass is 471 g/mol. The van der Waals surface area contributed by atoms with E-state index in [0.717, 1.165) is 42.3 Å². The van der Waals surface area contributed by atoms with E-state index in [1.165, 1.54) is 6.42 Å². The van der Waals surface area contributed by atoms with Gasteiger partial charge in [-0.15, -0.1) is 0 Å². The van der Waals surface area contributed by atoms with Crippen molar-refractivity contribution in [1.29, 1.82) is 0 Å². The van der Waals surface area contributed by atoms with Gasteiger partial charge in [-0.1, -0.05) is 40.2 Å². The predicted molar refractivity (Wildman–Crippen MR) is 119 cm³/mol. The van der Waals surface area contributed by atoms with Crippen molar-refractivity contribution < 1.29 is 9.59 Å². The van der Waals surface area contributed by atoms with Crippen LogP contribution in [-0.2, 0) is 15.0 Å². The van der Waals surface area contributed by atoms with Crippen molar-refractivity contribution in [2.24, 2.45) is 34.1 Å². The minimum Gasteiger partial charge on any atom is -0.369 e. The zero-order chi connectivity index (χ0) is 21.3. The lowest BCUT2D eigenvalue weighted by Crippen LogP contribution is -2.62. The molecule has 2 amide bonds. The van der Waals surface area contributed by atoms with Crippen LogP contribution in [0.15, 0.2) is 40.9 Å². The number of hydrogen-bond donors (Lipinski definition) is 2. The highest BCUT2D eigenvalue weighted by Gasteiger charge is 2.82. The molecule has 2 bridgehead atoms. The van der Waals surface area contributed by atoms with Gasteiger partial charge in [0.05, 0.1) is 10.8 Å². The highest BCUT2D eigenvalue weighted by atomic mass is 79.9. The van der Waals surface area contributed by atoms with Crippen LogP contribution in [0.2, 0.25) is 0 Å². The van der Waals surface area contributed by atoms with Crippen LogP contribution < -0.4 is 11.5 Å². The fourth-order valence-corrected chi connectivity index (χ4v) is 7.81. The Morgan fingerprint density at radius 2 is 1.77 bits per heavy atom. The molecule has 1 saturated heterocycles. The average Bonchev–Trinajstić information content (AvgIpc) is 3.20. The number of benzene rings is 1. The maximum atomic E-state index is 13.5.